The molecule has 0 spiro atoms. The average Bonchev–Trinajstić information content (AvgIpc) is 3.03. The van der Waals surface area contributed by atoms with E-state index in [0.717, 1.165) is 44.9 Å². The van der Waals surface area contributed by atoms with E-state index in [4.69, 9.17) is 0 Å². The van der Waals surface area contributed by atoms with E-state index < -0.39 is 34.3 Å². The molecule has 0 heterocycles. The van der Waals surface area contributed by atoms with E-state index in [2.05, 4.69) is 21.2 Å². The van der Waals surface area contributed by atoms with E-state index in [-0.39, 0.29) is 29.5 Å². The molecule has 0 bridgehead atoms. The van der Waals surface area contributed by atoms with Crippen LogP contribution in [-0.4, -0.2) is 44.3 Å². The third-order valence-corrected chi connectivity index (χ3v) is 9.41. The average molecular weight is 681 g/mol. The van der Waals surface area contributed by atoms with E-state index in [1.165, 1.54) is 29.2 Å². The van der Waals surface area contributed by atoms with Crippen LogP contribution in [0.25, 0.3) is 0 Å². The van der Waals surface area contributed by atoms with Gasteiger partial charge in [0.25, 0.3) is 10.0 Å². The Balaban J connectivity index is 1.77. The monoisotopic (exact) mass is 679 g/mol. The van der Waals surface area contributed by atoms with Crippen LogP contribution in [0.2, 0.25) is 0 Å². The SMILES string of the molecule is CCCCNC(=O)[C@@H](Cc1ccccc1)N(Cc1ccc(Br)cc1)C(=O)CN(c1ccc(F)cc1)S(=O)(=O)c1ccccc1. The lowest BCUT2D eigenvalue weighted by molar-refractivity contribution is -0.140. The largest absolute Gasteiger partial charge is 0.354 e. The first-order chi connectivity index (χ1) is 21.2. The summed E-state index contributed by atoms with van der Waals surface area (Å²) < 4.78 is 43.5. The van der Waals surface area contributed by atoms with Gasteiger partial charge in [-0.2, -0.15) is 0 Å². The van der Waals surface area contributed by atoms with Gasteiger partial charge >= 0.3 is 0 Å². The number of carbonyl (C=O) groups is 2. The lowest BCUT2D eigenvalue weighted by Crippen LogP contribution is -2.53. The number of halogens is 2. The maximum absolute atomic E-state index is 14.4. The molecule has 1 N–H and O–H groups in total. The Bertz CT molecular complexity index is 1620. The molecule has 4 rings (SSSR count). The molecule has 0 aliphatic heterocycles. The summed E-state index contributed by atoms with van der Waals surface area (Å²) >= 11 is 3.44. The van der Waals surface area contributed by atoms with E-state index in [9.17, 15) is 22.4 Å². The molecule has 1 atom stereocenters. The Morgan fingerprint density at radius 1 is 0.841 bits per heavy atom. The minimum atomic E-state index is -4.24. The Labute approximate surface area is 266 Å². The molecule has 0 aliphatic carbocycles. The molecule has 0 unspecified atom stereocenters. The molecule has 0 aromatic heterocycles. The molecule has 230 valence electrons. The molecule has 7 nitrogen and oxygen atoms in total. The maximum Gasteiger partial charge on any atom is 0.264 e. The number of rotatable bonds is 14. The van der Waals surface area contributed by atoms with Gasteiger partial charge in [0.2, 0.25) is 11.8 Å². The number of benzene rings is 4. The molecule has 10 heteroatoms. The number of nitrogens with zero attached hydrogens (tertiary/aromatic N) is 2. The van der Waals surface area contributed by atoms with Crippen molar-refractivity contribution in [3.05, 3.63) is 131 Å². The molecule has 2 amide bonds. The first kappa shape index (κ1) is 32.9. The van der Waals surface area contributed by atoms with Crippen molar-refractivity contribution in [3.8, 4) is 0 Å². The molecular weight excluding hydrogens is 645 g/mol. The van der Waals surface area contributed by atoms with Gasteiger partial charge in [0, 0.05) is 24.0 Å². The number of amides is 2. The van der Waals surface area contributed by atoms with Crippen LogP contribution in [0.4, 0.5) is 10.1 Å². The number of hydrogen-bond acceptors (Lipinski definition) is 4. The molecule has 0 saturated carbocycles. The second-order valence-corrected chi connectivity index (χ2v) is 13.1. The zero-order valence-corrected chi connectivity index (χ0v) is 26.8. The summed E-state index contributed by atoms with van der Waals surface area (Å²) in [4.78, 5) is 29.5. The standard InChI is InChI=1S/C34H35BrFN3O4S/c1-2-3-22-37-34(41)32(23-26-10-6-4-7-11-26)38(24-27-14-16-28(35)17-15-27)33(40)25-39(30-20-18-29(36)19-21-30)44(42,43)31-12-8-5-9-13-31/h4-21,32H,2-3,22-25H2,1H3,(H,37,41)/t32-/m1/s1. The van der Waals surface area contributed by atoms with Crippen molar-refractivity contribution in [2.24, 2.45) is 0 Å². The van der Waals surface area contributed by atoms with Crippen molar-refractivity contribution >= 4 is 43.5 Å². The number of hydrogen-bond donors (Lipinski definition) is 1. The van der Waals surface area contributed by atoms with Gasteiger partial charge in [-0.3, -0.25) is 13.9 Å². The molecule has 0 aliphatic rings. The second-order valence-electron chi connectivity index (χ2n) is 10.3. The van der Waals surface area contributed by atoms with Crippen molar-refractivity contribution in [3.63, 3.8) is 0 Å². The normalized spacial score (nSPS) is 11.9. The summed E-state index contributed by atoms with van der Waals surface area (Å²) in [6.07, 6.45) is 1.89. The smallest absolute Gasteiger partial charge is 0.264 e. The predicted molar refractivity (Wildman–Crippen MR) is 174 cm³/mol. The minimum Gasteiger partial charge on any atom is -0.354 e. The predicted octanol–water partition coefficient (Wildman–Crippen LogP) is 6.34. The third kappa shape index (κ3) is 8.76. The van der Waals surface area contributed by atoms with Crippen LogP contribution in [0.15, 0.2) is 119 Å². The Morgan fingerprint density at radius 2 is 1.45 bits per heavy atom. The van der Waals surface area contributed by atoms with Crippen LogP contribution in [-0.2, 0) is 32.6 Å². The highest BCUT2D eigenvalue weighted by Gasteiger charge is 2.34. The van der Waals surface area contributed by atoms with Crippen LogP contribution in [0, 0.1) is 5.82 Å². The van der Waals surface area contributed by atoms with Gasteiger partial charge < -0.3 is 10.2 Å². The van der Waals surface area contributed by atoms with Crippen molar-refractivity contribution in [2.45, 2.75) is 43.7 Å². The highest BCUT2D eigenvalue weighted by atomic mass is 79.9. The summed E-state index contributed by atoms with van der Waals surface area (Å²) in [5.41, 5.74) is 1.74. The maximum atomic E-state index is 14.4. The van der Waals surface area contributed by atoms with Gasteiger partial charge in [-0.05, 0) is 66.1 Å². The van der Waals surface area contributed by atoms with Gasteiger partial charge in [-0.25, -0.2) is 12.8 Å². The number of nitrogens with one attached hydrogen (secondary N) is 1. The lowest BCUT2D eigenvalue weighted by Gasteiger charge is -2.34. The van der Waals surface area contributed by atoms with Gasteiger partial charge in [0.15, 0.2) is 0 Å². The summed E-state index contributed by atoms with van der Waals surface area (Å²) in [6, 6.07) is 28.5. The van der Waals surface area contributed by atoms with E-state index in [1.54, 1.807) is 18.2 Å². The molecule has 44 heavy (non-hydrogen) atoms. The number of carbonyl (C=O) groups excluding carboxylic acids is 2. The van der Waals surface area contributed by atoms with Gasteiger partial charge in [0.05, 0.1) is 10.6 Å². The van der Waals surface area contributed by atoms with Gasteiger partial charge in [-0.15, -0.1) is 0 Å². The summed E-state index contributed by atoms with van der Waals surface area (Å²) in [5, 5.41) is 2.97. The first-order valence-corrected chi connectivity index (χ1v) is 16.6. The molecule has 0 saturated heterocycles. The van der Waals surface area contributed by atoms with E-state index in [1.807, 2.05) is 61.5 Å². The summed E-state index contributed by atoms with van der Waals surface area (Å²) in [6.45, 7) is 1.93. The zero-order valence-electron chi connectivity index (χ0n) is 24.4. The Morgan fingerprint density at radius 3 is 2.07 bits per heavy atom. The molecule has 0 fully saturated rings. The van der Waals surface area contributed by atoms with Crippen LogP contribution in [0.5, 0.6) is 0 Å². The molecule has 4 aromatic carbocycles. The number of sulfonamides is 1. The van der Waals surface area contributed by atoms with Crippen molar-refractivity contribution < 1.29 is 22.4 Å². The van der Waals surface area contributed by atoms with Gasteiger partial charge in [-0.1, -0.05) is 89.9 Å². The Kier molecular flexibility index (Phi) is 11.7. The van der Waals surface area contributed by atoms with Crippen LogP contribution >= 0.6 is 15.9 Å². The quantitative estimate of drug-likeness (QED) is 0.158. The Hall–Kier alpha value is -4.02. The highest BCUT2D eigenvalue weighted by Crippen LogP contribution is 2.25. The fourth-order valence-corrected chi connectivity index (χ4v) is 6.40. The van der Waals surface area contributed by atoms with E-state index in [0.29, 0.717) is 6.54 Å². The van der Waals surface area contributed by atoms with Crippen molar-refractivity contribution in [1.82, 2.24) is 10.2 Å². The van der Waals surface area contributed by atoms with Crippen molar-refractivity contribution in [2.75, 3.05) is 17.4 Å². The van der Waals surface area contributed by atoms with Crippen molar-refractivity contribution in [1.29, 1.82) is 0 Å². The lowest BCUT2D eigenvalue weighted by atomic mass is 10.0. The van der Waals surface area contributed by atoms with Gasteiger partial charge in [0.1, 0.15) is 18.4 Å². The fourth-order valence-electron chi connectivity index (χ4n) is 4.70. The number of anilines is 1. The zero-order chi connectivity index (χ0) is 31.5. The van der Waals surface area contributed by atoms with E-state index >= 15 is 0 Å². The van der Waals surface area contributed by atoms with Crippen LogP contribution in [0.3, 0.4) is 0 Å². The van der Waals surface area contributed by atoms with Crippen LogP contribution in [0.1, 0.15) is 30.9 Å². The molecule has 0 radical (unpaired) electrons. The fraction of sp³-hybridized carbons (Fsp3) is 0.235. The number of unbranched alkanes of at least 4 members (excludes halogenated alkanes) is 1. The molecule has 4 aromatic rings. The topological polar surface area (TPSA) is 86.8 Å². The molecular formula is C34H35BrFN3O4S. The second kappa shape index (κ2) is 15.6. The van der Waals surface area contributed by atoms with Crippen LogP contribution < -0.4 is 9.62 Å². The highest BCUT2D eigenvalue weighted by molar-refractivity contribution is 9.10. The summed E-state index contributed by atoms with van der Waals surface area (Å²) in [7, 11) is -4.24. The third-order valence-electron chi connectivity index (χ3n) is 7.09. The summed E-state index contributed by atoms with van der Waals surface area (Å²) in [5.74, 6) is -1.45. The first-order valence-electron chi connectivity index (χ1n) is 14.4. The minimum absolute atomic E-state index is 0.0188.